The molecule has 0 atom stereocenters. The summed E-state index contributed by atoms with van der Waals surface area (Å²) in [6.07, 6.45) is 0. The van der Waals surface area contributed by atoms with Crippen molar-refractivity contribution in [2.24, 2.45) is 0 Å². The van der Waals surface area contributed by atoms with E-state index in [-0.39, 0.29) is 0 Å². The molecule has 1 N–H and O–H groups in total. The number of nitrogens with one attached hydrogen (secondary N) is 1. The van der Waals surface area contributed by atoms with Gasteiger partial charge in [-0.25, -0.2) is 4.79 Å². The highest BCUT2D eigenvalue weighted by molar-refractivity contribution is 5.95. The van der Waals surface area contributed by atoms with Crippen molar-refractivity contribution in [2.45, 2.75) is 6.92 Å². The molecule has 1 rings (SSSR count). The molecule has 5 heteroatoms. The van der Waals surface area contributed by atoms with Crippen molar-refractivity contribution in [1.82, 2.24) is 5.16 Å². The number of methoxy groups -OCH3 is 1. The quantitative estimate of drug-likeness (QED) is 0.665. The maximum Gasteiger partial charge on any atom is 0.345 e. The molecule has 0 saturated heterocycles. The SMILES string of the molecule is CNc1onc(C)c1C(=O)OC. The van der Waals surface area contributed by atoms with E-state index in [0.717, 1.165) is 0 Å². The number of esters is 1. The molecule has 0 fully saturated rings. The number of ether oxygens (including phenoxy) is 1. The van der Waals surface area contributed by atoms with E-state index in [4.69, 9.17) is 4.52 Å². The van der Waals surface area contributed by atoms with Crippen molar-refractivity contribution in [2.75, 3.05) is 19.5 Å². The second kappa shape index (κ2) is 3.25. The first-order chi connectivity index (χ1) is 5.70. The molecule has 0 aliphatic carbocycles. The van der Waals surface area contributed by atoms with Gasteiger partial charge >= 0.3 is 5.97 Å². The molecule has 0 aromatic carbocycles. The van der Waals surface area contributed by atoms with Crippen LogP contribution in [-0.4, -0.2) is 25.3 Å². The Bertz CT molecular complexity index is 293. The Balaban J connectivity index is 3.10. The summed E-state index contributed by atoms with van der Waals surface area (Å²) in [6, 6.07) is 0. The summed E-state index contributed by atoms with van der Waals surface area (Å²) in [6.45, 7) is 1.68. The van der Waals surface area contributed by atoms with Crippen LogP contribution in [0.2, 0.25) is 0 Å². The van der Waals surface area contributed by atoms with Crippen LogP contribution in [0.4, 0.5) is 5.88 Å². The highest BCUT2D eigenvalue weighted by Crippen LogP contribution is 2.18. The third-order valence-electron chi connectivity index (χ3n) is 1.48. The van der Waals surface area contributed by atoms with Gasteiger partial charge in [-0.05, 0) is 6.92 Å². The molecule has 0 unspecified atom stereocenters. The van der Waals surface area contributed by atoms with Crippen molar-refractivity contribution in [1.29, 1.82) is 0 Å². The van der Waals surface area contributed by atoms with Crippen LogP contribution < -0.4 is 5.32 Å². The van der Waals surface area contributed by atoms with Gasteiger partial charge in [0.15, 0.2) is 0 Å². The second-order valence-corrected chi connectivity index (χ2v) is 2.21. The summed E-state index contributed by atoms with van der Waals surface area (Å²) in [5, 5.41) is 6.32. The molecule has 0 aliphatic heterocycles. The van der Waals surface area contributed by atoms with Crippen LogP contribution >= 0.6 is 0 Å². The van der Waals surface area contributed by atoms with Crippen LogP contribution in [0.5, 0.6) is 0 Å². The summed E-state index contributed by atoms with van der Waals surface area (Å²) < 4.78 is 9.34. The lowest BCUT2D eigenvalue weighted by Gasteiger charge is -1.97. The third-order valence-corrected chi connectivity index (χ3v) is 1.48. The number of rotatable bonds is 2. The van der Waals surface area contributed by atoms with Gasteiger partial charge in [0.05, 0.1) is 12.8 Å². The van der Waals surface area contributed by atoms with Gasteiger partial charge in [-0.3, -0.25) is 0 Å². The van der Waals surface area contributed by atoms with Gasteiger partial charge in [-0.1, -0.05) is 5.16 Å². The van der Waals surface area contributed by atoms with Crippen molar-refractivity contribution >= 4 is 11.9 Å². The van der Waals surface area contributed by atoms with Crippen molar-refractivity contribution < 1.29 is 14.1 Å². The average Bonchev–Trinajstić information content (AvgIpc) is 2.45. The summed E-state index contributed by atoms with van der Waals surface area (Å²) >= 11 is 0. The number of hydrogen-bond acceptors (Lipinski definition) is 5. The van der Waals surface area contributed by atoms with Crippen LogP contribution in [0.15, 0.2) is 4.52 Å². The number of carbonyl (C=O) groups excluding carboxylic acids is 1. The fraction of sp³-hybridized carbons (Fsp3) is 0.429. The second-order valence-electron chi connectivity index (χ2n) is 2.21. The summed E-state index contributed by atoms with van der Waals surface area (Å²) in [7, 11) is 2.96. The molecule has 0 bridgehead atoms. The first-order valence-electron chi connectivity index (χ1n) is 3.43. The number of anilines is 1. The van der Waals surface area contributed by atoms with E-state index in [2.05, 4.69) is 15.2 Å². The molecular weight excluding hydrogens is 160 g/mol. The molecule has 0 saturated carbocycles. The summed E-state index contributed by atoms with van der Waals surface area (Å²) in [4.78, 5) is 11.1. The van der Waals surface area contributed by atoms with Crippen LogP contribution in [0, 0.1) is 6.92 Å². The Labute approximate surface area is 69.7 Å². The van der Waals surface area contributed by atoms with Crippen LogP contribution in [0.3, 0.4) is 0 Å². The zero-order valence-corrected chi connectivity index (χ0v) is 7.17. The van der Waals surface area contributed by atoms with Gasteiger partial charge in [-0.15, -0.1) is 0 Å². The summed E-state index contributed by atoms with van der Waals surface area (Å²) in [5.74, 6) is -0.113. The maximum atomic E-state index is 11.1. The minimum absolute atomic E-state index is 0.333. The van der Waals surface area contributed by atoms with E-state index < -0.39 is 5.97 Å². The highest BCUT2D eigenvalue weighted by Gasteiger charge is 2.19. The molecule has 12 heavy (non-hydrogen) atoms. The molecule has 0 aliphatic rings. The lowest BCUT2D eigenvalue weighted by atomic mass is 10.2. The fourth-order valence-electron chi connectivity index (χ4n) is 0.883. The van der Waals surface area contributed by atoms with Gasteiger partial charge in [0, 0.05) is 7.05 Å². The van der Waals surface area contributed by atoms with Gasteiger partial charge in [0.2, 0.25) is 5.88 Å². The Morgan fingerprint density at radius 2 is 2.33 bits per heavy atom. The number of aromatic nitrogens is 1. The lowest BCUT2D eigenvalue weighted by molar-refractivity contribution is 0.0600. The Hall–Kier alpha value is -1.52. The average molecular weight is 170 g/mol. The molecule has 1 heterocycles. The topological polar surface area (TPSA) is 64.4 Å². The monoisotopic (exact) mass is 170 g/mol. The first kappa shape index (κ1) is 8.58. The predicted octanol–water partition coefficient (Wildman–Crippen LogP) is 0.811. The van der Waals surface area contributed by atoms with Crippen molar-refractivity contribution in [3.05, 3.63) is 11.3 Å². The van der Waals surface area contributed by atoms with Crippen LogP contribution in [0.1, 0.15) is 16.1 Å². The fourth-order valence-corrected chi connectivity index (χ4v) is 0.883. The van der Waals surface area contributed by atoms with Crippen molar-refractivity contribution in [3.8, 4) is 0 Å². The predicted molar refractivity (Wildman–Crippen MR) is 42.1 cm³/mol. The maximum absolute atomic E-state index is 11.1. The smallest absolute Gasteiger partial charge is 0.345 e. The van der Waals surface area contributed by atoms with Crippen LogP contribution in [-0.2, 0) is 4.74 Å². The Kier molecular flexibility index (Phi) is 2.32. The molecule has 66 valence electrons. The standard InChI is InChI=1S/C7H10N2O3/c1-4-5(7(10)11-3)6(8-2)12-9-4/h8H,1-3H3. The Morgan fingerprint density at radius 1 is 1.67 bits per heavy atom. The number of nitrogens with zero attached hydrogens (tertiary/aromatic N) is 1. The largest absolute Gasteiger partial charge is 0.465 e. The van der Waals surface area contributed by atoms with E-state index in [0.29, 0.717) is 17.1 Å². The molecule has 0 spiro atoms. The minimum Gasteiger partial charge on any atom is -0.465 e. The highest BCUT2D eigenvalue weighted by atomic mass is 16.5. The van der Waals surface area contributed by atoms with Crippen LogP contribution in [0.25, 0.3) is 0 Å². The Morgan fingerprint density at radius 3 is 2.83 bits per heavy atom. The van der Waals surface area contributed by atoms with E-state index in [1.165, 1.54) is 7.11 Å². The zero-order chi connectivity index (χ0) is 9.14. The van der Waals surface area contributed by atoms with Crippen molar-refractivity contribution in [3.63, 3.8) is 0 Å². The normalized spacial score (nSPS) is 9.58. The minimum atomic E-state index is -0.446. The van der Waals surface area contributed by atoms with Gasteiger partial charge in [0.25, 0.3) is 0 Å². The van der Waals surface area contributed by atoms with Gasteiger partial charge in [-0.2, -0.15) is 0 Å². The van der Waals surface area contributed by atoms with E-state index in [1.807, 2.05) is 0 Å². The molecule has 0 amide bonds. The van der Waals surface area contributed by atoms with Gasteiger partial charge < -0.3 is 14.6 Å². The molecule has 5 nitrogen and oxygen atoms in total. The lowest BCUT2D eigenvalue weighted by Crippen LogP contribution is -2.04. The number of carbonyl (C=O) groups is 1. The summed E-state index contributed by atoms with van der Waals surface area (Å²) in [5.41, 5.74) is 0.867. The van der Waals surface area contributed by atoms with E-state index in [9.17, 15) is 4.79 Å². The molecule has 0 radical (unpaired) electrons. The molecular formula is C7H10N2O3. The third kappa shape index (κ3) is 1.25. The molecule has 1 aromatic heterocycles. The number of aryl methyl sites for hydroxylation is 1. The zero-order valence-electron chi connectivity index (χ0n) is 7.17. The van der Waals surface area contributed by atoms with E-state index >= 15 is 0 Å². The van der Waals surface area contributed by atoms with Gasteiger partial charge in [0.1, 0.15) is 5.56 Å². The van der Waals surface area contributed by atoms with E-state index in [1.54, 1.807) is 14.0 Å². The first-order valence-corrected chi connectivity index (χ1v) is 3.43. The molecule has 1 aromatic rings. The number of hydrogen-bond donors (Lipinski definition) is 1.